The van der Waals surface area contributed by atoms with Gasteiger partial charge in [0.2, 0.25) is 0 Å². The average molecular weight is 380 g/mol. The summed E-state index contributed by atoms with van der Waals surface area (Å²) in [5.74, 6) is -0.155. The van der Waals surface area contributed by atoms with E-state index in [2.05, 4.69) is 39.1 Å². The maximum absolute atomic E-state index is 13.8. The number of hydrogen-bond acceptors (Lipinski definition) is 2. The molecule has 120 valence electrons. The fourth-order valence-corrected chi connectivity index (χ4v) is 3.11. The van der Waals surface area contributed by atoms with Gasteiger partial charge in [-0.25, -0.2) is 4.39 Å². The number of benzene rings is 1. The second-order valence-electron chi connectivity index (χ2n) is 5.47. The molecule has 2 rings (SSSR count). The van der Waals surface area contributed by atoms with Crippen molar-refractivity contribution in [2.24, 2.45) is 0 Å². The largest absolute Gasteiger partial charge is 0.314 e. The number of nitrogens with one attached hydrogen (secondary N) is 1. The highest BCUT2D eigenvalue weighted by Gasteiger charge is 2.22. The maximum atomic E-state index is 13.8. The third-order valence-electron chi connectivity index (χ3n) is 4.00. The summed E-state index contributed by atoms with van der Waals surface area (Å²) in [6, 6.07) is 5.94. The summed E-state index contributed by atoms with van der Waals surface area (Å²) in [6.07, 6.45) is 4.81. The van der Waals surface area contributed by atoms with E-state index in [1.807, 2.05) is 6.07 Å². The van der Waals surface area contributed by atoms with Crippen molar-refractivity contribution in [3.63, 3.8) is 0 Å². The molecule has 0 amide bonds. The Morgan fingerprint density at radius 1 is 1.29 bits per heavy atom. The van der Waals surface area contributed by atoms with E-state index in [9.17, 15) is 4.39 Å². The molecule has 0 aromatic heterocycles. The lowest BCUT2D eigenvalue weighted by Crippen LogP contribution is -2.45. The van der Waals surface area contributed by atoms with Gasteiger partial charge in [0.15, 0.2) is 0 Å². The normalized spacial score (nSPS) is 17.3. The standard InChI is InChI=1S/C16H24BrFN2.ClH/c1-2-3-4-5-16(20-10-8-19-9-11-20)13-6-7-14(17)15(18)12-13;/h6-7,12,16,19H,2-5,8-11H2,1H3;1H/t16-;/m0./s1. The number of unbranched alkanes of at least 4 members (excludes halogenated alkanes) is 2. The molecule has 1 aromatic rings. The summed E-state index contributed by atoms with van der Waals surface area (Å²) in [6.45, 7) is 6.38. The van der Waals surface area contributed by atoms with Crippen molar-refractivity contribution in [2.75, 3.05) is 26.2 Å². The Labute approximate surface area is 142 Å². The molecular weight excluding hydrogens is 355 g/mol. The van der Waals surface area contributed by atoms with E-state index < -0.39 is 0 Å². The van der Waals surface area contributed by atoms with Crippen LogP contribution in [0.1, 0.15) is 44.2 Å². The van der Waals surface area contributed by atoms with Crippen LogP contribution in [0.3, 0.4) is 0 Å². The molecule has 0 radical (unpaired) electrons. The smallest absolute Gasteiger partial charge is 0.137 e. The van der Waals surface area contributed by atoms with E-state index in [-0.39, 0.29) is 18.2 Å². The van der Waals surface area contributed by atoms with Crippen molar-refractivity contribution in [1.29, 1.82) is 0 Å². The van der Waals surface area contributed by atoms with Crippen LogP contribution < -0.4 is 5.32 Å². The van der Waals surface area contributed by atoms with Gasteiger partial charge in [0.05, 0.1) is 4.47 Å². The van der Waals surface area contributed by atoms with Crippen LogP contribution in [0.5, 0.6) is 0 Å². The first-order chi connectivity index (χ1) is 9.72. The SMILES string of the molecule is CCCCC[C@@H](c1ccc(Br)c(F)c1)N1CCNCC1.Cl. The van der Waals surface area contributed by atoms with Gasteiger partial charge in [0.25, 0.3) is 0 Å². The van der Waals surface area contributed by atoms with Gasteiger partial charge >= 0.3 is 0 Å². The van der Waals surface area contributed by atoms with E-state index >= 15 is 0 Å². The lowest BCUT2D eigenvalue weighted by Gasteiger charge is -2.35. The summed E-state index contributed by atoms with van der Waals surface area (Å²) < 4.78 is 14.4. The molecule has 2 nitrogen and oxygen atoms in total. The first-order valence-electron chi connectivity index (χ1n) is 7.62. The van der Waals surface area contributed by atoms with Crippen molar-refractivity contribution in [2.45, 2.75) is 38.6 Å². The molecule has 1 atom stereocenters. The minimum absolute atomic E-state index is 0. The number of rotatable bonds is 6. The van der Waals surface area contributed by atoms with Crippen LogP contribution in [-0.2, 0) is 0 Å². The van der Waals surface area contributed by atoms with Crippen molar-refractivity contribution in [3.05, 3.63) is 34.1 Å². The van der Waals surface area contributed by atoms with Crippen LogP contribution in [0.25, 0.3) is 0 Å². The van der Waals surface area contributed by atoms with Gasteiger partial charge in [-0.3, -0.25) is 4.90 Å². The Bertz CT molecular complexity index is 425. The molecule has 1 heterocycles. The summed E-state index contributed by atoms with van der Waals surface area (Å²) in [5.41, 5.74) is 1.11. The molecule has 0 saturated carbocycles. The van der Waals surface area contributed by atoms with Crippen LogP contribution in [0.2, 0.25) is 0 Å². The van der Waals surface area contributed by atoms with Crippen molar-refractivity contribution >= 4 is 28.3 Å². The molecule has 1 fully saturated rings. The first kappa shape index (κ1) is 18.9. The summed E-state index contributed by atoms with van der Waals surface area (Å²) in [5, 5.41) is 3.39. The zero-order valence-electron chi connectivity index (χ0n) is 12.6. The number of piperazine rings is 1. The van der Waals surface area contributed by atoms with Gasteiger partial charge in [-0.15, -0.1) is 12.4 Å². The molecule has 0 aliphatic carbocycles. The molecule has 21 heavy (non-hydrogen) atoms. The van der Waals surface area contributed by atoms with Crippen molar-refractivity contribution in [1.82, 2.24) is 10.2 Å². The highest BCUT2D eigenvalue weighted by Crippen LogP contribution is 2.29. The maximum Gasteiger partial charge on any atom is 0.137 e. The van der Waals surface area contributed by atoms with Crippen LogP contribution in [0, 0.1) is 5.82 Å². The van der Waals surface area contributed by atoms with Gasteiger partial charge < -0.3 is 5.32 Å². The van der Waals surface area contributed by atoms with Gasteiger partial charge in [-0.05, 0) is 40.0 Å². The molecule has 1 saturated heterocycles. The molecule has 1 aliphatic heterocycles. The lowest BCUT2D eigenvalue weighted by atomic mass is 9.98. The second-order valence-corrected chi connectivity index (χ2v) is 6.33. The Morgan fingerprint density at radius 2 is 2.00 bits per heavy atom. The van der Waals surface area contributed by atoms with Gasteiger partial charge in [-0.2, -0.15) is 0 Å². The highest BCUT2D eigenvalue weighted by molar-refractivity contribution is 9.10. The Hall–Kier alpha value is -0.160. The number of nitrogens with zero attached hydrogens (tertiary/aromatic N) is 1. The quantitative estimate of drug-likeness (QED) is 0.730. The fraction of sp³-hybridized carbons (Fsp3) is 0.625. The molecule has 0 unspecified atom stereocenters. The fourth-order valence-electron chi connectivity index (χ4n) is 2.86. The zero-order chi connectivity index (χ0) is 14.4. The average Bonchev–Trinajstić information content (AvgIpc) is 2.48. The summed E-state index contributed by atoms with van der Waals surface area (Å²) in [7, 11) is 0. The second kappa shape index (κ2) is 9.78. The molecule has 0 bridgehead atoms. The topological polar surface area (TPSA) is 15.3 Å². The van der Waals surface area contributed by atoms with Crippen LogP contribution in [-0.4, -0.2) is 31.1 Å². The Balaban J connectivity index is 0.00000220. The van der Waals surface area contributed by atoms with Crippen molar-refractivity contribution in [3.8, 4) is 0 Å². The molecule has 0 spiro atoms. The highest BCUT2D eigenvalue weighted by atomic mass is 79.9. The van der Waals surface area contributed by atoms with Crippen LogP contribution in [0.4, 0.5) is 4.39 Å². The monoisotopic (exact) mass is 378 g/mol. The molecular formula is C16H25BrClFN2. The van der Waals surface area contributed by atoms with E-state index in [0.29, 0.717) is 10.5 Å². The zero-order valence-corrected chi connectivity index (χ0v) is 15.0. The van der Waals surface area contributed by atoms with E-state index in [1.54, 1.807) is 6.07 Å². The number of hydrogen-bond donors (Lipinski definition) is 1. The van der Waals surface area contributed by atoms with Crippen molar-refractivity contribution < 1.29 is 4.39 Å². The van der Waals surface area contributed by atoms with Gasteiger partial charge in [0, 0.05) is 32.2 Å². The number of halogens is 3. The van der Waals surface area contributed by atoms with Gasteiger partial charge in [-0.1, -0.05) is 32.3 Å². The van der Waals surface area contributed by atoms with E-state index in [4.69, 9.17) is 0 Å². The van der Waals surface area contributed by atoms with Crippen LogP contribution in [0.15, 0.2) is 22.7 Å². The molecule has 1 N–H and O–H groups in total. The lowest BCUT2D eigenvalue weighted by molar-refractivity contribution is 0.162. The minimum Gasteiger partial charge on any atom is -0.314 e. The summed E-state index contributed by atoms with van der Waals surface area (Å²) in [4.78, 5) is 2.49. The minimum atomic E-state index is -0.155. The molecule has 1 aromatic carbocycles. The Morgan fingerprint density at radius 3 is 2.62 bits per heavy atom. The van der Waals surface area contributed by atoms with Gasteiger partial charge in [0.1, 0.15) is 5.82 Å². The van der Waals surface area contributed by atoms with E-state index in [1.165, 1.54) is 19.3 Å². The predicted octanol–water partition coefficient (Wildman–Crippen LogP) is 4.54. The third-order valence-corrected chi connectivity index (χ3v) is 4.65. The molecule has 1 aliphatic rings. The first-order valence-corrected chi connectivity index (χ1v) is 8.41. The third kappa shape index (κ3) is 5.51. The Kier molecular flexibility index (Phi) is 8.79. The van der Waals surface area contributed by atoms with Crippen LogP contribution >= 0.6 is 28.3 Å². The molecule has 5 heteroatoms. The predicted molar refractivity (Wildman–Crippen MR) is 92.7 cm³/mol. The summed E-state index contributed by atoms with van der Waals surface area (Å²) >= 11 is 3.24. The van der Waals surface area contributed by atoms with E-state index in [0.717, 1.165) is 38.2 Å².